The molecule has 0 fully saturated rings. The molecule has 0 spiro atoms. The van der Waals surface area contributed by atoms with Crippen molar-refractivity contribution in [2.75, 3.05) is 0 Å². The summed E-state index contributed by atoms with van der Waals surface area (Å²) in [4.78, 5) is 34.4. The molecule has 3 aromatic rings. The number of carbonyl (C=O) groups excluding carboxylic acids is 1. The third kappa shape index (κ3) is 2.00. The van der Waals surface area contributed by atoms with Crippen molar-refractivity contribution in [3.05, 3.63) is 34.1 Å². The topological polar surface area (TPSA) is 120 Å². The van der Waals surface area contributed by atoms with Gasteiger partial charge in [-0.2, -0.15) is 0 Å². The molecule has 3 aromatic heterocycles. The number of aromatic amines is 1. The van der Waals surface area contributed by atoms with Gasteiger partial charge in [-0.1, -0.05) is 0 Å². The highest BCUT2D eigenvalue weighted by Gasteiger charge is 2.19. The summed E-state index contributed by atoms with van der Waals surface area (Å²) in [5, 5.41) is 0. The Kier molecular flexibility index (Phi) is 2.86. The van der Waals surface area contributed by atoms with Crippen LogP contribution in [0.3, 0.4) is 0 Å². The molecule has 3 rings (SSSR count). The van der Waals surface area contributed by atoms with Gasteiger partial charge in [0, 0.05) is 6.54 Å². The van der Waals surface area contributed by atoms with Gasteiger partial charge in [0.05, 0.1) is 0 Å². The van der Waals surface area contributed by atoms with E-state index >= 15 is 0 Å². The van der Waals surface area contributed by atoms with E-state index in [1.165, 1.54) is 4.57 Å². The second kappa shape index (κ2) is 4.58. The molecule has 8 nitrogen and oxygen atoms in total. The van der Waals surface area contributed by atoms with Crippen molar-refractivity contribution in [1.29, 1.82) is 0 Å². The maximum Gasteiger partial charge on any atom is 0.327 e. The van der Waals surface area contributed by atoms with Crippen molar-refractivity contribution in [2.45, 2.75) is 20.4 Å². The van der Waals surface area contributed by atoms with Crippen LogP contribution in [0.25, 0.3) is 22.7 Å². The number of nitrogens with one attached hydrogen (secondary N) is 1. The van der Waals surface area contributed by atoms with Gasteiger partial charge in [-0.05, 0) is 26.0 Å². The maximum absolute atomic E-state index is 11.9. The fourth-order valence-corrected chi connectivity index (χ4v) is 2.17. The van der Waals surface area contributed by atoms with Crippen molar-refractivity contribution < 1.29 is 9.21 Å². The molecule has 0 aliphatic rings. The van der Waals surface area contributed by atoms with Crippen LogP contribution in [0.5, 0.6) is 0 Å². The predicted octanol–water partition coefficient (Wildman–Crippen LogP) is 0.807. The zero-order chi connectivity index (χ0) is 15.1. The number of hydrogen-bond donors (Lipinski definition) is 2. The molecular weight excluding hydrogens is 274 g/mol. The molecule has 21 heavy (non-hydrogen) atoms. The number of primary amides is 1. The molecule has 108 valence electrons. The number of nitrogens with zero attached hydrogens (tertiary/aromatic N) is 3. The summed E-state index contributed by atoms with van der Waals surface area (Å²) in [6.07, 6.45) is 0. The molecule has 0 atom stereocenters. The molecular formula is C13H13N5O3. The zero-order valence-corrected chi connectivity index (χ0v) is 11.5. The molecule has 0 saturated heterocycles. The third-order valence-electron chi connectivity index (χ3n) is 3.13. The number of amides is 1. The molecule has 0 aliphatic carbocycles. The summed E-state index contributed by atoms with van der Waals surface area (Å²) < 4.78 is 6.86. The predicted molar refractivity (Wildman–Crippen MR) is 74.8 cm³/mol. The maximum atomic E-state index is 11.9. The smallest absolute Gasteiger partial charge is 0.327 e. The van der Waals surface area contributed by atoms with Crippen molar-refractivity contribution >= 4 is 17.1 Å². The fourth-order valence-electron chi connectivity index (χ4n) is 2.17. The van der Waals surface area contributed by atoms with Crippen LogP contribution in [0.4, 0.5) is 0 Å². The number of aromatic nitrogens is 4. The third-order valence-corrected chi connectivity index (χ3v) is 3.13. The molecule has 0 radical (unpaired) electrons. The summed E-state index contributed by atoms with van der Waals surface area (Å²) in [6.45, 7) is 4.00. The van der Waals surface area contributed by atoms with Gasteiger partial charge >= 0.3 is 5.69 Å². The second-order valence-corrected chi connectivity index (χ2v) is 4.54. The summed E-state index contributed by atoms with van der Waals surface area (Å²) in [6, 6.07) is 3.46. The molecule has 1 amide bonds. The molecule has 0 aromatic carbocycles. The fraction of sp³-hybridized carbons (Fsp3) is 0.231. The van der Waals surface area contributed by atoms with Gasteiger partial charge in [0.25, 0.3) is 5.91 Å². The number of H-pyrrole nitrogens is 1. The van der Waals surface area contributed by atoms with Crippen molar-refractivity contribution in [2.24, 2.45) is 5.73 Å². The molecule has 0 bridgehead atoms. The molecule has 3 N–H and O–H groups in total. The average molecular weight is 287 g/mol. The average Bonchev–Trinajstić information content (AvgIpc) is 2.99. The van der Waals surface area contributed by atoms with Crippen LogP contribution in [-0.2, 0) is 6.54 Å². The quantitative estimate of drug-likeness (QED) is 0.738. The Morgan fingerprint density at radius 3 is 2.76 bits per heavy atom. The van der Waals surface area contributed by atoms with Crippen molar-refractivity contribution in [3.8, 4) is 11.6 Å². The zero-order valence-electron chi connectivity index (χ0n) is 11.5. The van der Waals surface area contributed by atoms with E-state index < -0.39 is 5.91 Å². The minimum Gasteiger partial charge on any atom is -0.458 e. The van der Waals surface area contributed by atoms with Crippen molar-refractivity contribution in [1.82, 2.24) is 19.5 Å². The summed E-state index contributed by atoms with van der Waals surface area (Å²) in [5.74, 6) is 0.575. The SMILES string of the molecule is CCn1c(=O)[nH]c2c(C(N)=O)nc(-c3ccc(C)o3)nc21. The Hall–Kier alpha value is -2.90. The highest BCUT2D eigenvalue weighted by atomic mass is 16.3. The van der Waals surface area contributed by atoms with E-state index in [0.717, 1.165) is 0 Å². The minimum absolute atomic E-state index is 0.0339. The van der Waals surface area contributed by atoms with E-state index in [0.29, 0.717) is 23.7 Å². The van der Waals surface area contributed by atoms with E-state index in [1.54, 1.807) is 26.0 Å². The molecule has 8 heteroatoms. The van der Waals surface area contributed by atoms with Crippen LogP contribution in [0, 0.1) is 6.92 Å². The first-order valence-corrected chi connectivity index (χ1v) is 6.38. The Balaban J connectivity index is 2.38. The van der Waals surface area contributed by atoms with Gasteiger partial charge in [0.15, 0.2) is 22.9 Å². The van der Waals surface area contributed by atoms with Crippen LogP contribution in [0.2, 0.25) is 0 Å². The first kappa shape index (κ1) is 13.1. The summed E-state index contributed by atoms with van der Waals surface area (Å²) in [7, 11) is 0. The number of nitrogens with two attached hydrogens (primary N) is 1. The number of imidazole rings is 1. The first-order valence-electron chi connectivity index (χ1n) is 6.38. The van der Waals surface area contributed by atoms with E-state index in [2.05, 4.69) is 15.0 Å². The molecule has 0 unspecified atom stereocenters. The standard InChI is InChI=1S/C13H13N5O3/c1-3-18-12-9(16-13(18)20)8(10(14)19)15-11(17-12)7-5-4-6(2)21-7/h4-5H,3H2,1-2H3,(H2,14,19)(H,16,20). The van der Waals surface area contributed by atoms with Crippen LogP contribution < -0.4 is 11.4 Å². The number of carbonyl (C=O) groups is 1. The normalized spacial score (nSPS) is 11.1. The monoisotopic (exact) mass is 287 g/mol. The lowest BCUT2D eigenvalue weighted by atomic mass is 10.3. The number of hydrogen-bond acceptors (Lipinski definition) is 5. The molecule has 0 aliphatic heterocycles. The Bertz CT molecular complexity index is 902. The van der Waals surface area contributed by atoms with Gasteiger partial charge < -0.3 is 15.1 Å². The largest absolute Gasteiger partial charge is 0.458 e. The van der Waals surface area contributed by atoms with Crippen LogP contribution in [0.1, 0.15) is 23.2 Å². The summed E-state index contributed by atoms with van der Waals surface area (Å²) in [5.41, 5.74) is 5.51. The lowest BCUT2D eigenvalue weighted by Gasteiger charge is -2.03. The molecule has 3 heterocycles. The number of rotatable bonds is 3. The lowest BCUT2D eigenvalue weighted by molar-refractivity contribution is 0.0997. The minimum atomic E-state index is -0.739. The Labute approximate surface area is 118 Å². The van der Waals surface area contributed by atoms with Gasteiger partial charge in [-0.25, -0.2) is 14.8 Å². The van der Waals surface area contributed by atoms with E-state index in [4.69, 9.17) is 10.2 Å². The Morgan fingerprint density at radius 1 is 1.43 bits per heavy atom. The van der Waals surface area contributed by atoms with E-state index in [-0.39, 0.29) is 22.7 Å². The first-order chi connectivity index (χ1) is 10.0. The van der Waals surface area contributed by atoms with Crippen molar-refractivity contribution in [3.63, 3.8) is 0 Å². The molecule has 0 saturated carbocycles. The number of aryl methyl sites for hydroxylation is 2. The van der Waals surface area contributed by atoms with Gasteiger partial charge in [0.2, 0.25) is 0 Å². The van der Waals surface area contributed by atoms with Gasteiger partial charge in [-0.15, -0.1) is 0 Å². The van der Waals surface area contributed by atoms with E-state index in [1.807, 2.05) is 0 Å². The van der Waals surface area contributed by atoms with E-state index in [9.17, 15) is 9.59 Å². The summed E-state index contributed by atoms with van der Waals surface area (Å²) >= 11 is 0. The van der Waals surface area contributed by atoms with Crippen LogP contribution in [0.15, 0.2) is 21.3 Å². The lowest BCUT2D eigenvalue weighted by Crippen LogP contribution is -2.15. The highest BCUT2D eigenvalue weighted by molar-refractivity contribution is 6.01. The number of furan rings is 1. The van der Waals surface area contributed by atoms with Crippen LogP contribution >= 0.6 is 0 Å². The van der Waals surface area contributed by atoms with Gasteiger partial charge in [-0.3, -0.25) is 9.36 Å². The number of fused-ring (bicyclic) bond motifs is 1. The Morgan fingerprint density at radius 2 is 2.19 bits per heavy atom. The van der Waals surface area contributed by atoms with Gasteiger partial charge in [0.1, 0.15) is 11.3 Å². The van der Waals surface area contributed by atoms with Crippen LogP contribution in [-0.4, -0.2) is 25.4 Å². The second-order valence-electron chi connectivity index (χ2n) is 4.54. The highest BCUT2D eigenvalue weighted by Crippen LogP contribution is 2.21.